The molecule has 0 aliphatic heterocycles. The van der Waals surface area contributed by atoms with Crippen LogP contribution in [0, 0.1) is 0 Å². The maximum atomic E-state index is 10.8. The number of carboxylic acid groups (broad SMARTS) is 1. The van der Waals surface area contributed by atoms with E-state index in [0.717, 1.165) is 19.3 Å². The van der Waals surface area contributed by atoms with Crippen LogP contribution in [-0.2, 0) is 6.42 Å². The lowest BCUT2D eigenvalue weighted by Gasteiger charge is -1.98. The van der Waals surface area contributed by atoms with Crippen LogP contribution >= 0.6 is 0 Å². The number of carboxylic acids is 1. The number of anilines is 1. The second-order valence-corrected chi connectivity index (χ2v) is 3.22. The molecule has 5 nitrogen and oxygen atoms in total. The van der Waals surface area contributed by atoms with Gasteiger partial charge in [0.2, 0.25) is 0 Å². The predicted molar refractivity (Wildman–Crippen MR) is 53.2 cm³/mol. The van der Waals surface area contributed by atoms with Crippen molar-refractivity contribution in [3.63, 3.8) is 0 Å². The summed E-state index contributed by atoms with van der Waals surface area (Å²) in [5.41, 5.74) is 6.18. The molecule has 0 saturated carbocycles. The van der Waals surface area contributed by atoms with Crippen LogP contribution in [0.4, 0.5) is 5.82 Å². The number of aryl methyl sites for hydroxylation is 1. The zero-order valence-corrected chi connectivity index (χ0v) is 8.21. The van der Waals surface area contributed by atoms with Crippen molar-refractivity contribution in [3.8, 4) is 0 Å². The standard InChI is InChI=1S/C9H15N3O2/c1-2-3-4-5-6-7(9(13)14)8(10)12-11-6/h2-5H2,1H3,(H,13,14)(H3,10,11,12). The first-order valence-corrected chi connectivity index (χ1v) is 4.72. The highest BCUT2D eigenvalue weighted by Crippen LogP contribution is 2.15. The quantitative estimate of drug-likeness (QED) is 0.622. The number of unbranched alkanes of at least 4 members (excludes halogenated alkanes) is 2. The van der Waals surface area contributed by atoms with Crippen LogP contribution in [0.1, 0.15) is 42.2 Å². The van der Waals surface area contributed by atoms with E-state index in [1.54, 1.807) is 0 Å². The van der Waals surface area contributed by atoms with Crippen molar-refractivity contribution in [3.05, 3.63) is 11.3 Å². The summed E-state index contributed by atoms with van der Waals surface area (Å²) < 4.78 is 0. The number of H-pyrrole nitrogens is 1. The van der Waals surface area contributed by atoms with Crippen molar-refractivity contribution in [2.75, 3.05) is 5.73 Å². The van der Waals surface area contributed by atoms with Gasteiger partial charge in [0, 0.05) is 0 Å². The van der Waals surface area contributed by atoms with Crippen molar-refractivity contribution >= 4 is 11.8 Å². The Hall–Kier alpha value is -1.52. The molecule has 0 atom stereocenters. The SMILES string of the molecule is CCCCCc1[nH]nc(N)c1C(=O)O. The largest absolute Gasteiger partial charge is 0.477 e. The Morgan fingerprint density at radius 1 is 1.57 bits per heavy atom. The highest BCUT2D eigenvalue weighted by Gasteiger charge is 2.16. The van der Waals surface area contributed by atoms with E-state index in [2.05, 4.69) is 17.1 Å². The van der Waals surface area contributed by atoms with E-state index < -0.39 is 5.97 Å². The first-order valence-electron chi connectivity index (χ1n) is 4.72. The number of aromatic amines is 1. The fraction of sp³-hybridized carbons (Fsp3) is 0.556. The molecule has 5 heteroatoms. The molecule has 1 aromatic rings. The van der Waals surface area contributed by atoms with Crippen LogP contribution in [0.15, 0.2) is 0 Å². The van der Waals surface area contributed by atoms with E-state index in [0.29, 0.717) is 12.1 Å². The number of rotatable bonds is 5. The summed E-state index contributed by atoms with van der Waals surface area (Å²) in [6.07, 6.45) is 3.84. The molecule has 0 aliphatic rings. The monoisotopic (exact) mass is 197 g/mol. The molecule has 0 aliphatic carbocycles. The molecule has 0 radical (unpaired) electrons. The number of nitrogens with zero attached hydrogens (tertiary/aromatic N) is 1. The summed E-state index contributed by atoms with van der Waals surface area (Å²) in [4.78, 5) is 10.8. The number of nitrogens with two attached hydrogens (primary N) is 1. The maximum Gasteiger partial charge on any atom is 0.341 e. The third-order valence-electron chi connectivity index (χ3n) is 2.11. The Morgan fingerprint density at radius 3 is 2.86 bits per heavy atom. The Bertz CT molecular complexity index is 320. The summed E-state index contributed by atoms with van der Waals surface area (Å²) >= 11 is 0. The van der Waals surface area contributed by atoms with E-state index in [1.165, 1.54) is 0 Å². The molecule has 0 fully saturated rings. The van der Waals surface area contributed by atoms with E-state index in [9.17, 15) is 4.79 Å². The molecule has 0 spiro atoms. The second-order valence-electron chi connectivity index (χ2n) is 3.22. The lowest BCUT2D eigenvalue weighted by atomic mass is 10.1. The summed E-state index contributed by atoms with van der Waals surface area (Å²) in [6, 6.07) is 0. The van der Waals surface area contributed by atoms with Gasteiger partial charge in [0.25, 0.3) is 0 Å². The zero-order chi connectivity index (χ0) is 10.6. The van der Waals surface area contributed by atoms with Crippen LogP contribution in [0.3, 0.4) is 0 Å². The van der Waals surface area contributed by atoms with Crippen molar-refractivity contribution < 1.29 is 9.90 Å². The lowest BCUT2D eigenvalue weighted by Crippen LogP contribution is -2.03. The molecule has 4 N–H and O–H groups in total. The van der Waals surface area contributed by atoms with Gasteiger partial charge in [-0.1, -0.05) is 19.8 Å². The van der Waals surface area contributed by atoms with Crippen LogP contribution in [0.2, 0.25) is 0 Å². The number of aromatic nitrogens is 2. The summed E-state index contributed by atoms with van der Waals surface area (Å²) in [5.74, 6) is -0.938. The Labute approximate surface area is 82.3 Å². The first kappa shape index (κ1) is 10.6. The Kier molecular flexibility index (Phi) is 3.50. The highest BCUT2D eigenvalue weighted by molar-refractivity contribution is 5.93. The third kappa shape index (κ3) is 2.25. The third-order valence-corrected chi connectivity index (χ3v) is 2.11. The molecule has 1 aromatic heterocycles. The van der Waals surface area contributed by atoms with Gasteiger partial charge in [-0.3, -0.25) is 5.10 Å². The fourth-order valence-electron chi connectivity index (χ4n) is 1.37. The van der Waals surface area contributed by atoms with E-state index in [4.69, 9.17) is 10.8 Å². The number of hydrogen-bond acceptors (Lipinski definition) is 3. The topological polar surface area (TPSA) is 92.0 Å². The molecular weight excluding hydrogens is 182 g/mol. The van der Waals surface area contributed by atoms with Crippen LogP contribution in [-0.4, -0.2) is 21.3 Å². The minimum Gasteiger partial charge on any atom is -0.477 e. The van der Waals surface area contributed by atoms with Gasteiger partial charge in [-0.2, -0.15) is 5.10 Å². The molecule has 0 aromatic carbocycles. The smallest absolute Gasteiger partial charge is 0.341 e. The number of hydrogen-bond donors (Lipinski definition) is 3. The molecule has 0 saturated heterocycles. The summed E-state index contributed by atoms with van der Waals surface area (Å²) in [7, 11) is 0. The maximum absolute atomic E-state index is 10.8. The van der Waals surface area contributed by atoms with Crippen molar-refractivity contribution in [2.24, 2.45) is 0 Å². The average molecular weight is 197 g/mol. The Balaban J connectivity index is 2.71. The lowest BCUT2D eigenvalue weighted by molar-refractivity contribution is 0.0697. The first-order chi connectivity index (χ1) is 6.66. The summed E-state index contributed by atoms with van der Waals surface area (Å²) in [5, 5.41) is 15.2. The minimum atomic E-state index is -1.01. The average Bonchev–Trinajstić information content (AvgIpc) is 2.47. The molecule has 0 bridgehead atoms. The van der Waals surface area contributed by atoms with E-state index in [-0.39, 0.29) is 11.4 Å². The molecular formula is C9H15N3O2. The molecule has 0 unspecified atom stereocenters. The molecule has 14 heavy (non-hydrogen) atoms. The van der Waals surface area contributed by atoms with Crippen LogP contribution in [0.5, 0.6) is 0 Å². The van der Waals surface area contributed by atoms with Gasteiger partial charge in [0.1, 0.15) is 5.56 Å². The molecule has 78 valence electrons. The van der Waals surface area contributed by atoms with Gasteiger partial charge in [0.15, 0.2) is 5.82 Å². The number of carbonyl (C=O) groups is 1. The van der Waals surface area contributed by atoms with Gasteiger partial charge in [-0.25, -0.2) is 4.79 Å². The zero-order valence-electron chi connectivity index (χ0n) is 8.21. The Morgan fingerprint density at radius 2 is 2.29 bits per heavy atom. The number of nitrogen functional groups attached to an aromatic ring is 1. The van der Waals surface area contributed by atoms with Crippen molar-refractivity contribution in [2.45, 2.75) is 32.6 Å². The van der Waals surface area contributed by atoms with Gasteiger partial charge in [-0.05, 0) is 12.8 Å². The van der Waals surface area contributed by atoms with Crippen molar-refractivity contribution in [1.29, 1.82) is 0 Å². The highest BCUT2D eigenvalue weighted by atomic mass is 16.4. The van der Waals surface area contributed by atoms with Gasteiger partial charge < -0.3 is 10.8 Å². The van der Waals surface area contributed by atoms with Crippen LogP contribution in [0.25, 0.3) is 0 Å². The van der Waals surface area contributed by atoms with Gasteiger partial charge in [-0.15, -0.1) is 0 Å². The second kappa shape index (κ2) is 4.64. The fourth-order valence-corrected chi connectivity index (χ4v) is 1.37. The minimum absolute atomic E-state index is 0.0731. The molecule has 0 amide bonds. The van der Waals surface area contributed by atoms with Crippen molar-refractivity contribution in [1.82, 2.24) is 10.2 Å². The van der Waals surface area contributed by atoms with E-state index in [1.807, 2.05) is 0 Å². The normalized spacial score (nSPS) is 10.4. The van der Waals surface area contributed by atoms with Gasteiger partial charge >= 0.3 is 5.97 Å². The van der Waals surface area contributed by atoms with Gasteiger partial charge in [0.05, 0.1) is 5.69 Å². The number of nitrogens with one attached hydrogen (secondary N) is 1. The molecule has 1 heterocycles. The number of aromatic carboxylic acids is 1. The predicted octanol–water partition coefficient (Wildman–Crippen LogP) is 1.42. The van der Waals surface area contributed by atoms with E-state index >= 15 is 0 Å². The van der Waals surface area contributed by atoms with Crippen LogP contribution < -0.4 is 5.73 Å². The molecule has 1 rings (SSSR count). The summed E-state index contributed by atoms with van der Waals surface area (Å²) in [6.45, 7) is 2.10.